The molecule has 86 valence electrons. The van der Waals surface area contributed by atoms with Crippen molar-refractivity contribution in [2.24, 2.45) is 5.92 Å². The van der Waals surface area contributed by atoms with Crippen LogP contribution in [-0.4, -0.2) is 22.0 Å². The van der Waals surface area contributed by atoms with Gasteiger partial charge in [-0.3, -0.25) is 0 Å². The van der Waals surface area contributed by atoms with Gasteiger partial charge in [0, 0.05) is 0 Å². The number of aliphatic hydroxyl groups is 1. The lowest BCUT2D eigenvalue weighted by Crippen LogP contribution is -2.33. The van der Waals surface area contributed by atoms with Gasteiger partial charge >= 0.3 is 0 Å². The van der Waals surface area contributed by atoms with Gasteiger partial charge in [0.2, 0.25) is 0 Å². The molecular weight excluding hydrogens is 219 g/mol. The van der Waals surface area contributed by atoms with E-state index in [2.05, 4.69) is 6.92 Å². The summed E-state index contributed by atoms with van der Waals surface area (Å²) in [5.74, 6) is 0.171. The molecule has 3 atom stereocenters. The smallest absolute Gasteiger partial charge is 0.0761 e. The van der Waals surface area contributed by atoms with E-state index in [1.165, 1.54) is 12.8 Å². The maximum absolute atomic E-state index is 9.71. The first-order valence-corrected chi connectivity index (χ1v) is 6.34. The van der Waals surface area contributed by atoms with Gasteiger partial charge in [-0.1, -0.05) is 40.0 Å². The minimum Gasteiger partial charge on any atom is -0.391 e. The van der Waals surface area contributed by atoms with Crippen LogP contribution >= 0.6 is 23.2 Å². The number of alkyl halides is 2. The third-order valence-electron chi connectivity index (χ3n) is 2.44. The van der Waals surface area contributed by atoms with Crippen molar-refractivity contribution in [3.05, 3.63) is 0 Å². The van der Waals surface area contributed by atoms with E-state index in [-0.39, 0.29) is 16.7 Å². The Labute approximate surface area is 97.8 Å². The molecule has 0 aliphatic rings. The topological polar surface area (TPSA) is 20.2 Å². The summed E-state index contributed by atoms with van der Waals surface area (Å²) >= 11 is 12.2. The summed E-state index contributed by atoms with van der Waals surface area (Å²) in [6, 6.07) is 0. The Kier molecular flexibility index (Phi) is 8.08. The molecule has 1 nitrogen and oxygen atoms in total. The first-order valence-electron chi connectivity index (χ1n) is 5.46. The highest BCUT2D eigenvalue weighted by atomic mass is 35.5. The van der Waals surface area contributed by atoms with E-state index in [4.69, 9.17) is 23.2 Å². The number of aliphatic hydroxyl groups excluding tert-OH is 1. The lowest BCUT2D eigenvalue weighted by Gasteiger charge is -2.24. The Bertz CT molecular complexity index is 139. The first kappa shape index (κ1) is 14.5. The lowest BCUT2D eigenvalue weighted by molar-refractivity contribution is 0.118. The normalized spacial score (nSPS) is 18.2. The van der Waals surface area contributed by atoms with E-state index in [1.807, 2.05) is 13.8 Å². The Morgan fingerprint density at radius 3 is 2.14 bits per heavy atom. The fourth-order valence-corrected chi connectivity index (χ4v) is 2.05. The van der Waals surface area contributed by atoms with Crippen molar-refractivity contribution in [3.63, 3.8) is 0 Å². The summed E-state index contributed by atoms with van der Waals surface area (Å²) in [6.07, 6.45) is 3.86. The predicted molar refractivity (Wildman–Crippen MR) is 64.3 cm³/mol. The van der Waals surface area contributed by atoms with Crippen molar-refractivity contribution in [1.29, 1.82) is 0 Å². The molecule has 0 heterocycles. The summed E-state index contributed by atoms with van der Waals surface area (Å²) in [6.45, 7) is 6.07. The van der Waals surface area contributed by atoms with Crippen LogP contribution in [0, 0.1) is 5.92 Å². The van der Waals surface area contributed by atoms with Crippen LogP contribution in [0.4, 0.5) is 0 Å². The van der Waals surface area contributed by atoms with E-state index >= 15 is 0 Å². The molecule has 0 fully saturated rings. The highest BCUT2D eigenvalue weighted by Crippen LogP contribution is 2.23. The second-order valence-corrected chi connectivity index (χ2v) is 5.26. The van der Waals surface area contributed by atoms with Crippen LogP contribution in [0.1, 0.15) is 46.5 Å². The molecule has 0 aromatic carbocycles. The number of halogens is 2. The molecular formula is C11H22Cl2O. The Balaban J connectivity index is 3.80. The summed E-state index contributed by atoms with van der Waals surface area (Å²) in [4.78, 5) is 0. The highest BCUT2D eigenvalue weighted by molar-refractivity contribution is 6.30. The minimum atomic E-state index is -0.499. The minimum absolute atomic E-state index is 0.111. The van der Waals surface area contributed by atoms with Gasteiger partial charge in [-0.15, -0.1) is 23.2 Å². The van der Waals surface area contributed by atoms with Crippen LogP contribution in [0.15, 0.2) is 0 Å². The third kappa shape index (κ3) is 5.43. The van der Waals surface area contributed by atoms with Gasteiger partial charge in [-0.05, 0) is 12.3 Å². The SMILES string of the molecule is CCCCCC(Cl)C(Cl)C(O)C(C)C. The zero-order valence-electron chi connectivity index (χ0n) is 9.34. The van der Waals surface area contributed by atoms with Crippen molar-refractivity contribution < 1.29 is 5.11 Å². The van der Waals surface area contributed by atoms with E-state index < -0.39 is 6.10 Å². The molecule has 0 aliphatic carbocycles. The molecule has 0 aromatic heterocycles. The van der Waals surface area contributed by atoms with Gasteiger partial charge in [0.05, 0.1) is 16.9 Å². The molecule has 0 spiro atoms. The summed E-state index contributed by atoms with van der Waals surface area (Å²) in [7, 11) is 0. The molecule has 0 bridgehead atoms. The van der Waals surface area contributed by atoms with Gasteiger partial charge in [0.15, 0.2) is 0 Å². The van der Waals surface area contributed by atoms with Crippen LogP contribution < -0.4 is 0 Å². The van der Waals surface area contributed by atoms with E-state index in [0.29, 0.717) is 0 Å². The molecule has 3 unspecified atom stereocenters. The van der Waals surface area contributed by atoms with Gasteiger partial charge < -0.3 is 5.11 Å². The van der Waals surface area contributed by atoms with Crippen LogP contribution in [-0.2, 0) is 0 Å². The Morgan fingerprint density at radius 2 is 1.71 bits per heavy atom. The zero-order chi connectivity index (χ0) is 11.1. The average molecular weight is 241 g/mol. The molecule has 0 saturated heterocycles. The number of unbranched alkanes of at least 4 members (excludes halogenated alkanes) is 2. The maximum atomic E-state index is 9.71. The van der Waals surface area contributed by atoms with E-state index in [9.17, 15) is 5.11 Å². The van der Waals surface area contributed by atoms with Crippen molar-refractivity contribution in [1.82, 2.24) is 0 Å². The lowest BCUT2D eigenvalue weighted by atomic mass is 9.99. The second-order valence-electron chi connectivity index (χ2n) is 4.19. The molecule has 1 N–H and O–H groups in total. The summed E-state index contributed by atoms with van der Waals surface area (Å²) in [5, 5.41) is 9.27. The molecule has 0 aliphatic heterocycles. The van der Waals surface area contributed by atoms with E-state index in [0.717, 1.165) is 12.8 Å². The van der Waals surface area contributed by atoms with Crippen molar-refractivity contribution in [3.8, 4) is 0 Å². The van der Waals surface area contributed by atoms with E-state index in [1.54, 1.807) is 0 Å². The first-order chi connectivity index (χ1) is 6.50. The Morgan fingerprint density at radius 1 is 1.14 bits per heavy atom. The summed E-state index contributed by atoms with van der Waals surface area (Å²) in [5.41, 5.74) is 0. The second kappa shape index (κ2) is 7.78. The molecule has 0 saturated carbocycles. The monoisotopic (exact) mass is 240 g/mol. The molecule has 14 heavy (non-hydrogen) atoms. The van der Waals surface area contributed by atoms with Crippen molar-refractivity contribution >= 4 is 23.2 Å². The van der Waals surface area contributed by atoms with Crippen molar-refractivity contribution in [2.75, 3.05) is 0 Å². The van der Waals surface area contributed by atoms with Crippen LogP contribution in [0.2, 0.25) is 0 Å². The third-order valence-corrected chi connectivity index (χ3v) is 3.62. The largest absolute Gasteiger partial charge is 0.391 e. The van der Waals surface area contributed by atoms with Gasteiger partial charge in [0.1, 0.15) is 0 Å². The van der Waals surface area contributed by atoms with Gasteiger partial charge in [-0.2, -0.15) is 0 Å². The van der Waals surface area contributed by atoms with Crippen molar-refractivity contribution in [2.45, 2.75) is 63.3 Å². The molecule has 3 heteroatoms. The molecule has 0 aromatic rings. The van der Waals surface area contributed by atoms with Crippen LogP contribution in [0.25, 0.3) is 0 Å². The number of rotatable bonds is 7. The number of hydrogen-bond acceptors (Lipinski definition) is 1. The van der Waals surface area contributed by atoms with Gasteiger partial charge in [0.25, 0.3) is 0 Å². The molecule has 0 radical (unpaired) electrons. The van der Waals surface area contributed by atoms with Gasteiger partial charge in [-0.25, -0.2) is 0 Å². The summed E-state index contributed by atoms with van der Waals surface area (Å²) < 4.78 is 0. The highest BCUT2D eigenvalue weighted by Gasteiger charge is 2.26. The quantitative estimate of drug-likeness (QED) is 0.531. The zero-order valence-corrected chi connectivity index (χ0v) is 10.9. The molecule has 0 rings (SSSR count). The van der Waals surface area contributed by atoms with Crippen LogP contribution in [0.5, 0.6) is 0 Å². The average Bonchev–Trinajstić information content (AvgIpc) is 2.15. The number of hydrogen-bond donors (Lipinski definition) is 1. The van der Waals surface area contributed by atoms with Crippen LogP contribution in [0.3, 0.4) is 0 Å². The molecule has 0 amide bonds. The predicted octanol–water partition coefficient (Wildman–Crippen LogP) is 3.80. The fraction of sp³-hybridized carbons (Fsp3) is 1.00. The fourth-order valence-electron chi connectivity index (χ4n) is 1.33. The Hall–Kier alpha value is 0.540. The standard InChI is InChI=1S/C11H22Cl2O/c1-4-5-6-7-9(12)10(13)11(14)8(2)3/h8-11,14H,4-7H2,1-3H3. The maximum Gasteiger partial charge on any atom is 0.0761 e.